The minimum Gasteiger partial charge on any atom is -0.306 e. The fraction of sp³-hybridized carbons (Fsp3) is 0.533. The molecule has 0 amide bonds. The summed E-state index contributed by atoms with van der Waals surface area (Å²) in [6.07, 6.45) is 4.25. The number of rotatable bonds is 3. The van der Waals surface area contributed by atoms with Crippen LogP contribution < -0.4 is 5.32 Å². The fourth-order valence-corrected chi connectivity index (χ4v) is 2.72. The standard InChI is InChI=1S/C15H19FN2/c1-11(13-7-3-4-8-14(13)16)18-15-9-5-2-6-12(15)10-17/h3-4,7-8,11-12,15,18H,2,5-6,9H2,1H3/t11-,12?,15?/m1/s1. The maximum Gasteiger partial charge on any atom is 0.127 e. The van der Waals surface area contributed by atoms with Gasteiger partial charge in [-0.15, -0.1) is 0 Å². The first kappa shape index (κ1) is 13.0. The van der Waals surface area contributed by atoms with Crippen LogP contribution in [-0.2, 0) is 0 Å². The summed E-state index contributed by atoms with van der Waals surface area (Å²) in [5, 5.41) is 12.5. The first-order valence-electron chi connectivity index (χ1n) is 6.62. The van der Waals surface area contributed by atoms with Gasteiger partial charge < -0.3 is 5.32 Å². The Hall–Kier alpha value is -1.40. The Kier molecular flexibility index (Phi) is 4.33. The zero-order valence-electron chi connectivity index (χ0n) is 10.7. The molecule has 2 nitrogen and oxygen atoms in total. The normalized spacial score (nSPS) is 25.4. The van der Waals surface area contributed by atoms with Gasteiger partial charge in [-0.2, -0.15) is 5.26 Å². The molecule has 0 saturated heterocycles. The van der Waals surface area contributed by atoms with Gasteiger partial charge in [-0.05, 0) is 25.8 Å². The Bertz CT molecular complexity index is 438. The first-order valence-corrected chi connectivity index (χ1v) is 6.62. The minimum atomic E-state index is -0.179. The van der Waals surface area contributed by atoms with E-state index in [4.69, 9.17) is 5.26 Å². The molecule has 1 saturated carbocycles. The molecule has 0 aromatic heterocycles. The van der Waals surface area contributed by atoms with Gasteiger partial charge in [0, 0.05) is 17.6 Å². The third kappa shape index (κ3) is 2.88. The van der Waals surface area contributed by atoms with Crippen molar-refractivity contribution in [2.45, 2.75) is 44.7 Å². The van der Waals surface area contributed by atoms with Crippen LogP contribution in [0, 0.1) is 23.1 Å². The molecule has 1 N–H and O–H groups in total. The molecule has 0 aliphatic heterocycles. The number of nitrogens with zero attached hydrogens (tertiary/aromatic N) is 1. The van der Waals surface area contributed by atoms with Crippen molar-refractivity contribution in [2.75, 3.05) is 0 Å². The third-order valence-electron chi connectivity index (χ3n) is 3.77. The van der Waals surface area contributed by atoms with E-state index in [2.05, 4.69) is 11.4 Å². The van der Waals surface area contributed by atoms with Gasteiger partial charge in [0.15, 0.2) is 0 Å². The number of hydrogen-bond acceptors (Lipinski definition) is 2. The van der Waals surface area contributed by atoms with Crippen LogP contribution in [0.25, 0.3) is 0 Å². The Balaban J connectivity index is 2.05. The quantitative estimate of drug-likeness (QED) is 0.885. The van der Waals surface area contributed by atoms with E-state index in [1.165, 1.54) is 6.07 Å². The summed E-state index contributed by atoms with van der Waals surface area (Å²) < 4.78 is 13.7. The van der Waals surface area contributed by atoms with Crippen LogP contribution in [0.1, 0.15) is 44.2 Å². The van der Waals surface area contributed by atoms with Crippen molar-refractivity contribution < 1.29 is 4.39 Å². The Labute approximate surface area is 108 Å². The molecule has 1 aliphatic carbocycles. The van der Waals surface area contributed by atoms with Crippen molar-refractivity contribution in [1.82, 2.24) is 5.32 Å². The van der Waals surface area contributed by atoms with Gasteiger partial charge in [-0.3, -0.25) is 0 Å². The second-order valence-electron chi connectivity index (χ2n) is 5.04. The van der Waals surface area contributed by atoms with E-state index < -0.39 is 0 Å². The van der Waals surface area contributed by atoms with Crippen molar-refractivity contribution in [3.8, 4) is 6.07 Å². The molecule has 0 radical (unpaired) electrons. The van der Waals surface area contributed by atoms with E-state index >= 15 is 0 Å². The summed E-state index contributed by atoms with van der Waals surface area (Å²) in [5.41, 5.74) is 0.680. The number of halogens is 1. The minimum absolute atomic E-state index is 0.0508. The molecule has 3 atom stereocenters. The topological polar surface area (TPSA) is 35.8 Å². The monoisotopic (exact) mass is 246 g/mol. The largest absolute Gasteiger partial charge is 0.306 e. The number of nitriles is 1. The Morgan fingerprint density at radius 3 is 2.78 bits per heavy atom. The van der Waals surface area contributed by atoms with Crippen LogP contribution in [0.5, 0.6) is 0 Å². The van der Waals surface area contributed by atoms with E-state index in [-0.39, 0.29) is 23.8 Å². The fourth-order valence-electron chi connectivity index (χ4n) is 2.72. The Morgan fingerprint density at radius 1 is 1.33 bits per heavy atom. The summed E-state index contributed by atoms with van der Waals surface area (Å²) in [6, 6.07) is 9.34. The second-order valence-corrected chi connectivity index (χ2v) is 5.04. The highest BCUT2D eigenvalue weighted by Gasteiger charge is 2.26. The predicted molar refractivity (Wildman–Crippen MR) is 69.3 cm³/mol. The van der Waals surface area contributed by atoms with Crippen molar-refractivity contribution in [1.29, 1.82) is 5.26 Å². The van der Waals surface area contributed by atoms with Gasteiger partial charge in [0.1, 0.15) is 5.82 Å². The van der Waals surface area contributed by atoms with Gasteiger partial charge in [-0.1, -0.05) is 31.0 Å². The van der Waals surface area contributed by atoms with E-state index in [9.17, 15) is 4.39 Å². The molecule has 3 heteroatoms. The molecule has 2 unspecified atom stereocenters. The van der Waals surface area contributed by atoms with Crippen molar-refractivity contribution in [3.05, 3.63) is 35.6 Å². The lowest BCUT2D eigenvalue weighted by Crippen LogP contribution is -2.39. The lowest BCUT2D eigenvalue weighted by molar-refractivity contribution is 0.290. The SMILES string of the molecule is C[C@@H](NC1CCCCC1C#N)c1ccccc1F. The second kappa shape index (κ2) is 5.97. The summed E-state index contributed by atoms with van der Waals surface area (Å²) in [7, 11) is 0. The van der Waals surface area contributed by atoms with Gasteiger partial charge in [0.2, 0.25) is 0 Å². The number of nitrogens with one attached hydrogen (secondary N) is 1. The van der Waals surface area contributed by atoms with Crippen molar-refractivity contribution in [2.24, 2.45) is 5.92 Å². The maximum absolute atomic E-state index is 13.7. The highest BCUT2D eigenvalue weighted by Crippen LogP contribution is 2.26. The van der Waals surface area contributed by atoms with Gasteiger partial charge >= 0.3 is 0 Å². The van der Waals surface area contributed by atoms with Gasteiger partial charge in [-0.25, -0.2) is 4.39 Å². The van der Waals surface area contributed by atoms with Crippen LogP contribution in [0.15, 0.2) is 24.3 Å². The van der Waals surface area contributed by atoms with Crippen LogP contribution in [-0.4, -0.2) is 6.04 Å². The molecule has 0 bridgehead atoms. The van der Waals surface area contributed by atoms with Gasteiger partial charge in [0.25, 0.3) is 0 Å². The van der Waals surface area contributed by atoms with E-state index in [1.54, 1.807) is 12.1 Å². The molecule has 1 aromatic carbocycles. The van der Waals surface area contributed by atoms with Crippen molar-refractivity contribution in [3.63, 3.8) is 0 Å². The highest BCUT2D eigenvalue weighted by molar-refractivity contribution is 5.20. The van der Waals surface area contributed by atoms with Crippen LogP contribution >= 0.6 is 0 Å². The first-order chi connectivity index (χ1) is 8.72. The molecule has 1 fully saturated rings. The summed E-state index contributed by atoms with van der Waals surface area (Å²) in [4.78, 5) is 0. The van der Waals surface area contributed by atoms with Crippen LogP contribution in [0.2, 0.25) is 0 Å². The molecule has 96 valence electrons. The van der Waals surface area contributed by atoms with Crippen LogP contribution in [0.3, 0.4) is 0 Å². The lowest BCUT2D eigenvalue weighted by Gasteiger charge is -2.30. The van der Waals surface area contributed by atoms with Gasteiger partial charge in [0.05, 0.1) is 12.0 Å². The average molecular weight is 246 g/mol. The molecule has 0 heterocycles. The number of benzene rings is 1. The summed E-state index contributed by atoms with van der Waals surface area (Å²) in [5.74, 6) is -0.116. The van der Waals surface area contributed by atoms with E-state index in [1.807, 2.05) is 13.0 Å². The predicted octanol–water partition coefficient (Wildman–Crippen LogP) is 3.56. The zero-order chi connectivity index (χ0) is 13.0. The zero-order valence-corrected chi connectivity index (χ0v) is 10.7. The van der Waals surface area contributed by atoms with E-state index in [0.717, 1.165) is 25.7 Å². The molecule has 18 heavy (non-hydrogen) atoms. The lowest BCUT2D eigenvalue weighted by atomic mass is 9.85. The molecular weight excluding hydrogens is 227 g/mol. The average Bonchev–Trinajstić information content (AvgIpc) is 2.39. The molecule has 1 aromatic rings. The molecule has 1 aliphatic rings. The number of hydrogen-bond donors (Lipinski definition) is 1. The highest BCUT2D eigenvalue weighted by atomic mass is 19.1. The van der Waals surface area contributed by atoms with Crippen LogP contribution in [0.4, 0.5) is 4.39 Å². The molecule has 2 rings (SSSR count). The molecular formula is C15H19FN2. The maximum atomic E-state index is 13.7. The molecule has 0 spiro atoms. The summed E-state index contributed by atoms with van der Waals surface area (Å²) in [6.45, 7) is 1.96. The Morgan fingerprint density at radius 2 is 2.06 bits per heavy atom. The third-order valence-corrected chi connectivity index (χ3v) is 3.77. The van der Waals surface area contributed by atoms with Crippen molar-refractivity contribution >= 4 is 0 Å². The van der Waals surface area contributed by atoms with E-state index in [0.29, 0.717) is 5.56 Å². The summed E-state index contributed by atoms with van der Waals surface area (Å²) >= 11 is 0. The smallest absolute Gasteiger partial charge is 0.127 e.